The number of carboxylic acids is 1. The first kappa shape index (κ1) is 15.0. The Labute approximate surface area is 131 Å². The van der Waals surface area contributed by atoms with Gasteiger partial charge in [0.2, 0.25) is 5.43 Å². The standard InChI is InChI=1S/C14H6ClF2N3O3/c15-12-9(17)3-7-11(21)8(14(22)23)5-20(13(7)19-12)10-2-1-6(16)4-18-10/h1-5H,(H,22,23). The van der Waals surface area contributed by atoms with Crippen molar-refractivity contribution in [2.24, 2.45) is 0 Å². The van der Waals surface area contributed by atoms with Crippen LogP contribution in [0.1, 0.15) is 10.4 Å². The van der Waals surface area contributed by atoms with Gasteiger partial charge in [0.05, 0.1) is 11.6 Å². The summed E-state index contributed by atoms with van der Waals surface area (Å²) >= 11 is 5.63. The molecule has 0 atom stereocenters. The highest BCUT2D eigenvalue weighted by Gasteiger charge is 2.18. The van der Waals surface area contributed by atoms with Crippen LogP contribution in [0.5, 0.6) is 0 Å². The van der Waals surface area contributed by atoms with Gasteiger partial charge in [0, 0.05) is 6.20 Å². The first-order valence-corrected chi connectivity index (χ1v) is 6.53. The Morgan fingerprint density at radius 2 is 2.04 bits per heavy atom. The highest BCUT2D eigenvalue weighted by Crippen LogP contribution is 2.20. The van der Waals surface area contributed by atoms with Crippen LogP contribution in [0.4, 0.5) is 8.78 Å². The Morgan fingerprint density at radius 3 is 2.65 bits per heavy atom. The van der Waals surface area contributed by atoms with Crippen molar-refractivity contribution in [3.05, 3.63) is 63.2 Å². The molecule has 0 aromatic carbocycles. The lowest BCUT2D eigenvalue weighted by Crippen LogP contribution is -2.19. The van der Waals surface area contributed by atoms with Crippen molar-refractivity contribution in [3.8, 4) is 5.82 Å². The Bertz CT molecular complexity index is 1000. The number of aromatic nitrogens is 3. The van der Waals surface area contributed by atoms with Crippen molar-refractivity contribution in [1.29, 1.82) is 0 Å². The van der Waals surface area contributed by atoms with Crippen LogP contribution in [0.2, 0.25) is 5.15 Å². The van der Waals surface area contributed by atoms with Gasteiger partial charge in [-0.3, -0.25) is 9.36 Å². The SMILES string of the molecule is O=C(O)c1cn(-c2ccc(F)cn2)c2nc(Cl)c(F)cc2c1=O. The molecule has 9 heteroatoms. The number of pyridine rings is 3. The van der Waals surface area contributed by atoms with Crippen molar-refractivity contribution in [2.75, 3.05) is 0 Å². The van der Waals surface area contributed by atoms with Gasteiger partial charge in [0.15, 0.2) is 16.6 Å². The van der Waals surface area contributed by atoms with E-state index in [-0.39, 0.29) is 16.9 Å². The fraction of sp³-hybridized carbons (Fsp3) is 0. The van der Waals surface area contributed by atoms with Gasteiger partial charge >= 0.3 is 5.97 Å². The maximum Gasteiger partial charge on any atom is 0.341 e. The molecule has 0 saturated heterocycles. The Hall–Kier alpha value is -2.87. The van der Waals surface area contributed by atoms with Crippen LogP contribution < -0.4 is 5.43 Å². The molecule has 0 aliphatic carbocycles. The molecule has 6 nitrogen and oxygen atoms in total. The van der Waals surface area contributed by atoms with E-state index in [0.29, 0.717) is 0 Å². The summed E-state index contributed by atoms with van der Waals surface area (Å²) in [4.78, 5) is 30.9. The molecule has 23 heavy (non-hydrogen) atoms. The number of nitrogens with zero attached hydrogens (tertiary/aromatic N) is 3. The topological polar surface area (TPSA) is 85.1 Å². The highest BCUT2D eigenvalue weighted by atomic mass is 35.5. The fourth-order valence-electron chi connectivity index (χ4n) is 2.04. The minimum Gasteiger partial charge on any atom is -0.477 e. The molecule has 0 spiro atoms. The van der Waals surface area contributed by atoms with Gasteiger partial charge in [-0.15, -0.1) is 0 Å². The monoisotopic (exact) mass is 337 g/mol. The molecular weight excluding hydrogens is 332 g/mol. The van der Waals surface area contributed by atoms with E-state index in [1.807, 2.05) is 0 Å². The summed E-state index contributed by atoms with van der Waals surface area (Å²) in [5.41, 5.74) is -1.61. The second-order valence-electron chi connectivity index (χ2n) is 4.51. The Morgan fingerprint density at radius 1 is 1.30 bits per heavy atom. The lowest BCUT2D eigenvalue weighted by Gasteiger charge is -2.11. The van der Waals surface area contributed by atoms with Crippen LogP contribution >= 0.6 is 11.6 Å². The first-order chi connectivity index (χ1) is 10.9. The molecule has 3 rings (SSSR count). The molecule has 3 aromatic rings. The molecule has 0 fully saturated rings. The quantitative estimate of drug-likeness (QED) is 0.726. The third-order valence-corrected chi connectivity index (χ3v) is 3.34. The van der Waals surface area contributed by atoms with E-state index < -0.39 is 33.7 Å². The molecule has 0 bridgehead atoms. The van der Waals surface area contributed by atoms with Crippen LogP contribution in [-0.2, 0) is 0 Å². The largest absolute Gasteiger partial charge is 0.477 e. The molecule has 1 N–H and O–H groups in total. The van der Waals surface area contributed by atoms with Crippen LogP contribution in [0.15, 0.2) is 35.4 Å². The third kappa shape index (κ3) is 2.53. The number of hydrogen-bond acceptors (Lipinski definition) is 4. The second-order valence-corrected chi connectivity index (χ2v) is 4.87. The van der Waals surface area contributed by atoms with E-state index >= 15 is 0 Å². The van der Waals surface area contributed by atoms with E-state index in [4.69, 9.17) is 16.7 Å². The van der Waals surface area contributed by atoms with E-state index in [2.05, 4.69) is 9.97 Å². The molecule has 3 aromatic heterocycles. The van der Waals surface area contributed by atoms with Crippen molar-refractivity contribution in [1.82, 2.24) is 14.5 Å². The molecule has 3 heterocycles. The number of aromatic carboxylic acids is 1. The smallest absolute Gasteiger partial charge is 0.341 e. The van der Waals surface area contributed by atoms with Gasteiger partial charge in [-0.1, -0.05) is 11.6 Å². The predicted molar refractivity (Wildman–Crippen MR) is 77.0 cm³/mol. The lowest BCUT2D eigenvalue weighted by atomic mass is 10.2. The lowest BCUT2D eigenvalue weighted by molar-refractivity contribution is 0.0695. The molecule has 0 amide bonds. The summed E-state index contributed by atoms with van der Waals surface area (Å²) < 4.78 is 27.7. The maximum atomic E-state index is 13.6. The number of halogens is 3. The fourth-order valence-corrected chi connectivity index (χ4v) is 2.17. The van der Waals surface area contributed by atoms with Crippen molar-refractivity contribution >= 4 is 28.6 Å². The minimum atomic E-state index is -1.50. The summed E-state index contributed by atoms with van der Waals surface area (Å²) in [7, 11) is 0. The average molecular weight is 338 g/mol. The number of fused-ring (bicyclic) bond motifs is 1. The summed E-state index contributed by atoms with van der Waals surface area (Å²) in [5, 5.41) is 8.36. The van der Waals surface area contributed by atoms with Crippen LogP contribution in [-0.4, -0.2) is 25.6 Å². The Kier molecular flexibility index (Phi) is 3.53. The Balaban J connectivity index is 2.46. The third-order valence-electron chi connectivity index (χ3n) is 3.08. The maximum absolute atomic E-state index is 13.6. The molecule has 0 unspecified atom stereocenters. The van der Waals surface area contributed by atoms with Gasteiger partial charge in [0.1, 0.15) is 17.2 Å². The van der Waals surface area contributed by atoms with Crippen LogP contribution in [0.25, 0.3) is 16.9 Å². The normalized spacial score (nSPS) is 10.9. The zero-order chi connectivity index (χ0) is 16.7. The van der Waals surface area contributed by atoms with E-state index in [0.717, 1.165) is 29.1 Å². The van der Waals surface area contributed by atoms with Gasteiger partial charge in [-0.2, -0.15) is 0 Å². The summed E-state index contributed by atoms with van der Waals surface area (Å²) in [6, 6.07) is 3.15. The van der Waals surface area contributed by atoms with E-state index in [1.54, 1.807) is 0 Å². The molecular formula is C14H6ClF2N3O3. The summed E-state index contributed by atoms with van der Waals surface area (Å²) in [5.74, 6) is -2.97. The first-order valence-electron chi connectivity index (χ1n) is 6.15. The zero-order valence-corrected chi connectivity index (χ0v) is 11.9. The van der Waals surface area contributed by atoms with Crippen LogP contribution in [0, 0.1) is 11.6 Å². The summed E-state index contributed by atoms with van der Waals surface area (Å²) in [6.07, 6.45) is 1.89. The molecule has 116 valence electrons. The zero-order valence-electron chi connectivity index (χ0n) is 11.1. The average Bonchev–Trinajstić information content (AvgIpc) is 2.50. The van der Waals surface area contributed by atoms with Gasteiger partial charge in [-0.25, -0.2) is 23.5 Å². The number of carboxylic acid groups (broad SMARTS) is 1. The predicted octanol–water partition coefficient (Wildman–Crippen LogP) is 2.41. The minimum absolute atomic E-state index is 0.0917. The number of rotatable bonds is 2. The van der Waals surface area contributed by atoms with E-state index in [9.17, 15) is 18.4 Å². The van der Waals surface area contributed by atoms with Gasteiger partial charge < -0.3 is 5.11 Å². The van der Waals surface area contributed by atoms with Crippen molar-refractivity contribution in [2.45, 2.75) is 0 Å². The number of hydrogen-bond donors (Lipinski definition) is 1. The molecule has 0 saturated carbocycles. The number of carbonyl (C=O) groups is 1. The molecule has 0 aliphatic heterocycles. The van der Waals surface area contributed by atoms with Crippen molar-refractivity contribution < 1.29 is 18.7 Å². The molecule has 0 radical (unpaired) electrons. The summed E-state index contributed by atoms with van der Waals surface area (Å²) in [6.45, 7) is 0. The highest BCUT2D eigenvalue weighted by molar-refractivity contribution is 6.29. The van der Waals surface area contributed by atoms with Gasteiger partial charge in [0.25, 0.3) is 0 Å². The van der Waals surface area contributed by atoms with E-state index in [1.165, 1.54) is 6.07 Å². The van der Waals surface area contributed by atoms with Gasteiger partial charge in [-0.05, 0) is 18.2 Å². The second kappa shape index (κ2) is 5.40. The van der Waals surface area contributed by atoms with Crippen LogP contribution in [0.3, 0.4) is 0 Å². The van der Waals surface area contributed by atoms with Crippen molar-refractivity contribution in [3.63, 3.8) is 0 Å². The molecule has 0 aliphatic rings.